The molecule has 1 fully saturated rings. The van der Waals surface area contributed by atoms with Crippen LogP contribution >= 0.6 is 0 Å². The summed E-state index contributed by atoms with van der Waals surface area (Å²) in [6.07, 6.45) is 9.17. The highest BCUT2D eigenvalue weighted by Crippen LogP contribution is 2.16. The van der Waals surface area contributed by atoms with Crippen molar-refractivity contribution in [3.05, 3.63) is 53.9 Å². The first-order valence-electron chi connectivity index (χ1n) is 8.28. The van der Waals surface area contributed by atoms with Gasteiger partial charge in [-0.05, 0) is 44.1 Å². The summed E-state index contributed by atoms with van der Waals surface area (Å²) in [7, 11) is 0. The third-order valence-corrected chi connectivity index (χ3v) is 3.90. The molecule has 0 spiro atoms. The van der Waals surface area contributed by atoms with E-state index in [2.05, 4.69) is 14.9 Å². The predicted octanol–water partition coefficient (Wildman–Crippen LogP) is 3.37. The van der Waals surface area contributed by atoms with Crippen LogP contribution in [0.5, 0.6) is 5.75 Å². The summed E-state index contributed by atoms with van der Waals surface area (Å²) in [5.41, 5.74) is 1.42. The first-order valence-corrected chi connectivity index (χ1v) is 8.28. The van der Waals surface area contributed by atoms with Crippen LogP contribution in [0.15, 0.2) is 42.7 Å². The van der Waals surface area contributed by atoms with E-state index < -0.39 is 0 Å². The summed E-state index contributed by atoms with van der Waals surface area (Å²) in [4.78, 5) is 23.2. The van der Waals surface area contributed by atoms with Crippen molar-refractivity contribution in [3.8, 4) is 5.75 Å². The molecule has 0 amide bonds. The predicted molar refractivity (Wildman–Crippen MR) is 94.5 cm³/mol. The molecule has 1 aliphatic rings. The quantitative estimate of drug-likeness (QED) is 0.602. The lowest BCUT2D eigenvalue weighted by molar-refractivity contribution is 0.104. The molecule has 0 radical (unpaired) electrons. The molecular weight excluding hydrogens is 302 g/mol. The zero-order valence-electron chi connectivity index (χ0n) is 13.8. The number of nitrogens with zero attached hydrogens (tertiary/aromatic N) is 3. The number of carbonyl (C=O) groups excluding carboxylic acids is 1. The Morgan fingerprint density at radius 3 is 2.71 bits per heavy atom. The highest BCUT2D eigenvalue weighted by Gasteiger charge is 2.14. The van der Waals surface area contributed by atoms with Crippen LogP contribution in [-0.2, 0) is 0 Å². The molecule has 5 nitrogen and oxygen atoms in total. The van der Waals surface area contributed by atoms with Gasteiger partial charge in [-0.15, -0.1) is 0 Å². The lowest BCUT2D eigenvalue weighted by Crippen LogP contribution is -2.20. The maximum absolute atomic E-state index is 12.3. The Bertz CT molecular complexity index is 720. The molecule has 0 aliphatic carbocycles. The van der Waals surface area contributed by atoms with E-state index in [-0.39, 0.29) is 5.78 Å². The van der Waals surface area contributed by atoms with Gasteiger partial charge in [-0.2, -0.15) is 0 Å². The molecule has 3 rings (SSSR count). The summed E-state index contributed by atoms with van der Waals surface area (Å²) >= 11 is 0. The fourth-order valence-corrected chi connectivity index (χ4v) is 2.67. The highest BCUT2D eigenvalue weighted by molar-refractivity contribution is 6.07. The molecular formula is C19H21N3O2. The van der Waals surface area contributed by atoms with Crippen molar-refractivity contribution in [1.82, 2.24) is 9.97 Å². The Kier molecular flexibility index (Phi) is 5.21. The van der Waals surface area contributed by atoms with E-state index in [9.17, 15) is 4.79 Å². The monoisotopic (exact) mass is 323 g/mol. The summed E-state index contributed by atoms with van der Waals surface area (Å²) in [5.74, 6) is 1.40. The minimum absolute atomic E-state index is 0.0693. The van der Waals surface area contributed by atoms with E-state index in [1.165, 1.54) is 12.8 Å². The molecule has 0 atom stereocenters. The van der Waals surface area contributed by atoms with E-state index in [1.807, 2.05) is 19.1 Å². The van der Waals surface area contributed by atoms with Crippen molar-refractivity contribution in [2.75, 3.05) is 24.6 Å². The zero-order chi connectivity index (χ0) is 16.8. The van der Waals surface area contributed by atoms with Gasteiger partial charge in [0, 0.05) is 36.6 Å². The Hall–Kier alpha value is -2.69. The number of benzene rings is 1. The van der Waals surface area contributed by atoms with Gasteiger partial charge in [0.2, 0.25) is 5.95 Å². The molecule has 2 heterocycles. The van der Waals surface area contributed by atoms with Gasteiger partial charge in [0.1, 0.15) is 5.75 Å². The lowest BCUT2D eigenvalue weighted by atomic mass is 10.1. The average molecular weight is 323 g/mol. The minimum atomic E-state index is -0.0693. The number of hydrogen-bond donors (Lipinski definition) is 0. The fourth-order valence-electron chi connectivity index (χ4n) is 2.67. The van der Waals surface area contributed by atoms with Crippen molar-refractivity contribution < 1.29 is 9.53 Å². The second-order valence-electron chi connectivity index (χ2n) is 5.67. The van der Waals surface area contributed by atoms with Crippen molar-refractivity contribution in [1.29, 1.82) is 0 Å². The SMILES string of the molecule is CCOc1cccc(C(=O)C=Cc2cnc(N3CCCC3)nc2)c1. The molecule has 1 aromatic heterocycles. The molecule has 0 N–H and O–H groups in total. The summed E-state index contributed by atoms with van der Waals surface area (Å²) in [6.45, 7) is 4.53. The van der Waals surface area contributed by atoms with E-state index in [0.717, 1.165) is 24.6 Å². The standard InChI is InChI=1S/C19H21N3O2/c1-2-24-17-7-5-6-16(12-17)18(23)9-8-15-13-20-19(21-14-15)22-10-3-4-11-22/h5-9,12-14H,2-4,10-11H2,1H3. The second-order valence-corrected chi connectivity index (χ2v) is 5.67. The van der Waals surface area contributed by atoms with Crippen molar-refractivity contribution in [3.63, 3.8) is 0 Å². The van der Waals surface area contributed by atoms with Crippen LogP contribution in [0.3, 0.4) is 0 Å². The number of ketones is 1. The maximum Gasteiger partial charge on any atom is 0.225 e. The van der Waals surface area contributed by atoms with Crippen molar-refractivity contribution >= 4 is 17.8 Å². The van der Waals surface area contributed by atoms with E-state index in [1.54, 1.807) is 36.7 Å². The first kappa shape index (κ1) is 16.2. The molecule has 124 valence electrons. The van der Waals surface area contributed by atoms with Crippen LogP contribution in [0.25, 0.3) is 6.08 Å². The third-order valence-electron chi connectivity index (χ3n) is 3.90. The molecule has 5 heteroatoms. The number of ether oxygens (including phenoxy) is 1. The van der Waals surface area contributed by atoms with Gasteiger partial charge in [-0.3, -0.25) is 4.79 Å². The Balaban J connectivity index is 1.66. The van der Waals surface area contributed by atoms with Gasteiger partial charge in [-0.25, -0.2) is 9.97 Å². The van der Waals surface area contributed by atoms with Crippen molar-refractivity contribution in [2.45, 2.75) is 19.8 Å². The molecule has 1 saturated heterocycles. The molecule has 0 saturated carbocycles. The topological polar surface area (TPSA) is 55.3 Å². The molecule has 24 heavy (non-hydrogen) atoms. The van der Waals surface area contributed by atoms with Crippen LogP contribution < -0.4 is 9.64 Å². The van der Waals surface area contributed by atoms with Crippen LogP contribution in [0.1, 0.15) is 35.7 Å². The molecule has 1 aromatic carbocycles. The number of anilines is 1. The fraction of sp³-hybridized carbons (Fsp3) is 0.316. The number of rotatable bonds is 6. The van der Waals surface area contributed by atoms with Crippen LogP contribution in [0.4, 0.5) is 5.95 Å². The lowest BCUT2D eigenvalue weighted by Gasteiger charge is -2.14. The Morgan fingerprint density at radius 1 is 1.25 bits per heavy atom. The Morgan fingerprint density at radius 2 is 2.00 bits per heavy atom. The highest BCUT2D eigenvalue weighted by atomic mass is 16.5. The number of hydrogen-bond acceptors (Lipinski definition) is 5. The van der Waals surface area contributed by atoms with Gasteiger partial charge in [0.05, 0.1) is 6.61 Å². The molecule has 0 unspecified atom stereocenters. The zero-order valence-corrected chi connectivity index (χ0v) is 13.8. The largest absolute Gasteiger partial charge is 0.494 e. The summed E-state index contributed by atoms with van der Waals surface area (Å²) < 4.78 is 5.42. The van der Waals surface area contributed by atoms with Crippen molar-refractivity contribution in [2.24, 2.45) is 0 Å². The summed E-state index contributed by atoms with van der Waals surface area (Å²) in [5, 5.41) is 0. The van der Waals surface area contributed by atoms with Gasteiger partial charge < -0.3 is 9.64 Å². The number of carbonyl (C=O) groups is 1. The van der Waals surface area contributed by atoms with Gasteiger partial charge in [0.15, 0.2) is 5.78 Å². The third kappa shape index (κ3) is 3.98. The van der Waals surface area contributed by atoms with Crippen LogP contribution in [0.2, 0.25) is 0 Å². The summed E-state index contributed by atoms with van der Waals surface area (Å²) in [6, 6.07) is 7.19. The van der Waals surface area contributed by atoms with Gasteiger partial charge in [0.25, 0.3) is 0 Å². The Labute approximate surface area is 142 Å². The van der Waals surface area contributed by atoms with E-state index in [4.69, 9.17) is 4.74 Å². The molecule has 1 aliphatic heterocycles. The second kappa shape index (κ2) is 7.73. The minimum Gasteiger partial charge on any atom is -0.494 e. The number of allylic oxidation sites excluding steroid dienone is 1. The van der Waals surface area contributed by atoms with Gasteiger partial charge >= 0.3 is 0 Å². The first-order chi connectivity index (χ1) is 11.8. The maximum atomic E-state index is 12.3. The molecule has 2 aromatic rings. The van der Waals surface area contributed by atoms with Crippen LogP contribution in [-0.4, -0.2) is 35.4 Å². The number of aromatic nitrogens is 2. The average Bonchev–Trinajstić information content (AvgIpc) is 3.15. The van der Waals surface area contributed by atoms with E-state index >= 15 is 0 Å². The molecule has 0 bridgehead atoms. The smallest absolute Gasteiger partial charge is 0.225 e. The van der Waals surface area contributed by atoms with E-state index in [0.29, 0.717) is 17.9 Å². The van der Waals surface area contributed by atoms with Gasteiger partial charge in [-0.1, -0.05) is 12.1 Å². The van der Waals surface area contributed by atoms with Crippen LogP contribution in [0, 0.1) is 0 Å². The normalized spacial score (nSPS) is 14.3.